The smallest absolute Gasteiger partial charge is 0.178 e. The molecular weight excluding hydrogens is 238 g/mol. The number of ketones is 1. The van der Waals surface area contributed by atoms with E-state index in [4.69, 9.17) is 0 Å². The Balaban J connectivity index is 2.26. The first kappa shape index (κ1) is 12.2. The normalized spacial score (nSPS) is 31.4. The van der Waals surface area contributed by atoms with Gasteiger partial charge in [-0.15, -0.1) is 0 Å². The van der Waals surface area contributed by atoms with Crippen molar-refractivity contribution in [2.75, 3.05) is 0 Å². The van der Waals surface area contributed by atoms with Crippen molar-refractivity contribution in [3.05, 3.63) is 29.1 Å². The lowest BCUT2D eigenvalue weighted by molar-refractivity contribution is -0.127. The third-order valence-electron chi connectivity index (χ3n) is 4.83. The molecule has 0 spiro atoms. The number of carbonyl (C=O) groups is 1. The molecular formula is C15H17N3O. The first-order valence-corrected chi connectivity index (χ1v) is 6.51. The van der Waals surface area contributed by atoms with Crippen molar-refractivity contribution in [3.8, 4) is 6.07 Å². The maximum absolute atomic E-state index is 12.4. The van der Waals surface area contributed by atoms with Gasteiger partial charge in [-0.25, -0.2) is 0 Å². The maximum atomic E-state index is 12.4. The molecule has 98 valence electrons. The number of carbonyl (C=O) groups excluding carboxylic acids is 1. The Labute approximate surface area is 112 Å². The van der Waals surface area contributed by atoms with Crippen LogP contribution in [0.15, 0.2) is 17.8 Å². The number of allylic oxidation sites excluding steroid dienone is 2. The molecule has 0 N–H and O–H groups in total. The summed E-state index contributed by atoms with van der Waals surface area (Å²) in [6, 6.07) is 2.06. The van der Waals surface area contributed by atoms with Gasteiger partial charge in [-0.2, -0.15) is 10.4 Å². The fourth-order valence-electron chi connectivity index (χ4n) is 3.87. The van der Waals surface area contributed by atoms with Crippen molar-refractivity contribution in [2.45, 2.75) is 32.6 Å². The summed E-state index contributed by atoms with van der Waals surface area (Å²) in [5.74, 6) is 0.148. The molecule has 0 aliphatic heterocycles. The standard InChI is InChI=1S/C15H17N3O/c1-14(2)11-5-9-8-18(4)17-12(9)15(11,3)6-10(7-16)13(14)19/h6,8,11H,5H2,1-4H3. The summed E-state index contributed by atoms with van der Waals surface area (Å²) in [5, 5.41) is 13.8. The monoisotopic (exact) mass is 255 g/mol. The van der Waals surface area contributed by atoms with Gasteiger partial charge in [0.2, 0.25) is 0 Å². The van der Waals surface area contributed by atoms with Crippen molar-refractivity contribution in [1.82, 2.24) is 9.78 Å². The topological polar surface area (TPSA) is 58.7 Å². The van der Waals surface area contributed by atoms with E-state index in [-0.39, 0.29) is 22.7 Å². The van der Waals surface area contributed by atoms with Crippen molar-refractivity contribution in [1.29, 1.82) is 5.26 Å². The van der Waals surface area contributed by atoms with Crippen LogP contribution in [0.3, 0.4) is 0 Å². The highest BCUT2D eigenvalue weighted by molar-refractivity contribution is 6.04. The van der Waals surface area contributed by atoms with Gasteiger partial charge in [0.05, 0.1) is 11.3 Å². The number of Topliss-reactive ketones (excluding diaryl/α,β-unsaturated/α-hetero) is 1. The maximum Gasteiger partial charge on any atom is 0.178 e. The quantitative estimate of drug-likeness (QED) is 0.711. The van der Waals surface area contributed by atoms with E-state index in [1.165, 1.54) is 5.56 Å². The Bertz CT molecular complexity index is 659. The van der Waals surface area contributed by atoms with E-state index >= 15 is 0 Å². The molecule has 0 saturated heterocycles. The SMILES string of the molecule is Cn1cc2c(n1)C1(C)C=C(C#N)C(=O)C(C)(C)C1C2. The summed E-state index contributed by atoms with van der Waals surface area (Å²) in [5.41, 5.74) is 1.68. The minimum absolute atomic E-state index is 0.0352. The molecule has 0 saturated carbocycles. The van der Waals surface area contributed by atoms with Crippen LogP contribution in [0.25, 0.3) is 0 Å². The van der Waals surface area contributed by atoms with Gasteiger partial charge < -0.3 is 0 Å². The molecule has 2 atom stereocenters. The Hall–Kier alpha value is -1.89. The number of hydrogen-bond donors (Lipinski definition) is 0. The lowest BCUT2D eigenvalue weighted by Gasteiger charge is -2.43. The molecule has 1 aromatic heterocycles. The van der Waals surface area contributed by atoms with E-state index in [0.717, 1.165) is 12.1 Å². The third-order valence-corrected chi connectivity index (χ3v) is 4.83. The number of aromatic nitrogens is 2. The molecule has 0 amide bonds. The van der Waals surface area contributed by atoms with E-state index in [2.05, 4.69) is 18.1 Å². The average Bonchev–Trinajstić information content (AvgIpc) is 2.82. The zero-order chi connectivity index (χ0) is 14.0. The third kappa shape index (κ3) is 1.33. The second kappa shape index (κ2) is 3.36. The van der Waals surface area contributed by atoms with Gasteiger partial charge in [-0.05, 0) is 17.9 Å². The molecule has 2 aliphatic carbocycles. The number of rotatable bonds is 0. The van der Waals surface area contributed by atoms with E-state index in [0.29, 0.717) is 0 Å². The summed E-state index contributed by atoms with van der Waals surface area (Å²) in [6.07, 6.45) is 4.72. The molecule has 19 heavy (non-hydrogen) atoms. The molecule has 2 aliphatic rings. The van der Waals surface area contributed by atoms with Gasteiger partial charge in [0.1, 0.15) is 6.07 Å². The fraction of sp³-hybridized carbons (Fsp3) is 0.533. The first-order valence-electron chi connectivity index (χ1n) is 6.51. The van der Waals surface area contributed by atoms with Crippen molar-refractivity contribution in [3.63, 3.8) is 0 Å². The Morgan fingerprint density at radius 3 is 2.79 bits per heavy atom. The molecule has 0 radical (unpaired) electrons. The number of nitrogens with zero attached hydrogens (tertiary/aromatic N) is 3. The second-order valence-corrected chi connectivity index (χ2v) is 6.44. The first-order chi connectivity index (χ1) is 8.80. The Kier molecular flexibility index (Phi) is 2.15. The van der Waals surface area contributed by atoms with E-state index < -0.39 is 5.41 Å². The van der Waals surface area contributed by atoms with E-state index in [1.54, 1.807) is 0 Å². The lowest BCUT2D eigenvalue weighted by atomic mass is 9.58. The summed E-state index contributed by atoms with van der Waals surface area (Å²) in [6.45, 7) is 6.00. The number of nitriles is 1. The van der Waals surface area contributed by atoms with Gasteiger partial charge >= 0.3 is 0 Å². The highest BCUT2D eigenvalue weighted by Crippen LogP contribution is 2.55. The van der Waals surface area contributed by atoms with Gasteiger partial charge in [0.25, 0.3) is 0 Å². The number of fused-ring (bicyclic) bond motifs is 3. The highest BCUT2D eigenvalue weighted by Gasteiger charge is 2.56. The van der Waals surface area contributed by atoms with Crippen molar-refractivity contribution in [2.24, 2.45) is 18.4 Å². The minimum Gasteiger partial charge on any atom is -0.293 e. The molecule has 0 bridgehead atoms. The van der Waals surface area contributed by atoms with Crippen molar-refractivity contribution >= 4 is 5.78 Å². The van der Waals surface area contributed by atoms with E-state index in [9.17, 15) is 10.1 Å². The van der Waals surface area contributed by atoms with Gasteiger partial charge in [-0.1, -0.05) is 26.8 Å². The molecule has 4 nitrogen and oxygen atoms in total. The second-order valence-electron chi connectivity index (χ2n) is 6.44. The Morgan fingerprint density at radius 2 is 2.16 bits per heavy atom. The predicted molar refractivity (Wildman–Crippen MR) is 70.2 cm³/mol. The lowest BCUT2D eigenvalue weighted by Crippen LogP contribution is -2.47. The van der Waals surface area contributed by atoms with Crippen LogP contribution in [0.5, 0.6) is 0 Å². The van der Waals surface area contributed by atoms with Crippen LogP contribution in [-0.4, -0.2) is 15.6 Å². The molecule has 2 unspecified atom stereocenters. The zero-order valence-corrected chi connectivity index (χ0v) is 11.7. The summed E-state index contributed by atoms with van der Waals surface area (Å²) in [4.78, 5) is 12.4. The van der Waals surface area contributed by atoms with Gasteiger partial charge in [-0.3, -0.25) is 9.48 Å². The van der Waals surface area contributed by atoms with Crippen LogP contribution in [0.2, 0.25) is 0 Å². The van der Waals surface area contributed by atoms with Crippen LogP contribution >= 0.6 is 0 Å². The fourth-order valence-corrected chi connectivity index (χ4v) is 3.87. The number of hydrogen-bond acceptors (Lipinski definition) is 3. The van der Waals surface area contributed by atoms with Crippen molar-refractivity contribution < 1.29 is 4.79 Å². The van der Waals surface area contributed by atoms with Crippen LogP contribution in [-0.2, 0) is 23.7 Å². The molecule has 1 heterocycles. The van der Waals surface area contributed by atoms with Crippen LogP contribution in [0.4, 0.5) is 0 Å². The molecule has 1 aromatic rings. The minimum atomic E-state index is -0.513. The molecule has 0 aromatic carbocycles. The van der Waals surface area contributed by atoms with Crippen LogP contribution < -0.4 is 0 Å². The van der Waals surface area contributed by atoms with E-state index in [1.807, 2.05) is 37.8 Å². The molecule has 3 rings (SSSR count). The molecule has 4 heteroatoms. The van der Waals surface area contributed by atoms with Gasteiger partial charge in [0.15, 0.2) is 5.78 Å². The Morgan fingerprint density at radius 1 is 1.47 bits per heavy atom. The van der Waals surface area contributed by atoms with Crippen LogP contribution in [0, 0.1) is 22.7 Å². The predicted octanol–water partition coefficient (Wildman–Crippen LogP) is 1.91. The summed E-state index contributed by atoms with van der Waals surface area (Å²) >= 11 is 0. The summed E-state index contributed by atoms with van der Waals surface area (Å²) in [7, 11) is 1.91. The number of aryl methyl sites for hydroxylation is 1. The zero-order valence-electron chi connectivity index (χ0n) is 11.7. The highest BCUT2D eigenvalue weighted by atomic mass is 16.1. The largest absolute Gasteiger partial charge is 0.293 e. The summed E-state index contributed by atoms with van der Waals surface area (Å²) < 4.78 is 1.81. The average molecular weight is 255 g/mol. The molecule has 0 fully saturated rings. The van der Waals surface area contributed by atoms with Crippen LogP contribution in [0.1, 0.15) is 32.0 Å². The van der Waals surface area contributed by atoms with Gasteiger partial charge in [0, 0.05) is 24.1 Å².